The molecule has 2 aromatic carbocycles. The third-order valence-electron chi connectivity index (χ3n) is 4.37. The first-order valence-corrected chi connectivity index (χ1v) is 8.86. The Hall–Kier alpha value is -3.15. The lowest BCUT2D eigenvalue weighted by Crippen LogP contribution is -2.26. The number of para-hydroxylation sites is 1. The van der Waals surface area contributed by atoms with E-state index >= 15 is 0 Å². The number of rotatable bonds is 6. The van der Waals surface area contributed by atoms with Crippen LogP contribution in [0.4, 0.5) is 5.69 Å². The molecule has 0 radical (unpaired) electrons. The van der Waals surface area contributed by atoms with Crippen molar-refractivity contribution in [3.05, 3.63) is 65.7 Å². The molecular formula is C21H21NO5. The van der Waals surface area contributed by atoms with Crippen molar-refractivity contribution in [2.75, 3.05) is 18.1 Å². The molecule has 1 heterocycles. The number of carbonyl (C=O) groups is 3. The molecule has 27 heavy (non-hydrogen) atoms. The van der Waals surface area contributed by atoms with Gasteiger partial charge in [-0.25, -0.2) is 4.79 Å². The summed E-state index contributed by atoms with van der Waals surface area (Å²) in [5.41, 5.74) is 2.00. The maximum atomic E-state index is 12.3. The third-order valence-corrected chi connectivity index (χ3v) is 4.37. The van der Waals surface area contributed by atoms with Gasteiger partial charge in [-0.05, 0) is 36.8 Å². The Kier molecular flexibility index (Phi) is 5.86. The minimum atomic E-state index is -0.475. The molecule has 1 fully saturated rings. The number of carbonyl (C=O) groups excluding carboxylic acids is 3. The summed E-state index contributed by atoms with van der Waals surface area (Å²) in [5.74, 6) is -1.33. The van der Waals surface area contributed by atoms with Gasteiger partial charge in [-0.3, -0.25) is 9.59 Å². The number of hydrogen-bond acceptors (Lipinski definition) is 5. The van der Waals surface area contributed by atoms with Gasteiger partial charge < -0.3 is 14.4 Å². The van der Waals surface area contributed by atoms with Gasteiger partial charge in [-0.15, -0.1) is 0 Å². The molecule has 1 atom stereocenters. The van der Waals surface area contributed by atoms with Crippen LogP contribution in [0.25, 0.3) is 0 Å². The van der Waals surface area contributed by atoms with Crippen LogP contribution in [-0.2, 0) is 25.7 Å². The van der Waals surface area contributed by atoms with Crippen LogP contribution in [-0.4, -0.2) is 31.0 Å². The average Bonchev–Trinajstić information content (AvgIpc) is 3.09. The van der Waals surface area contributed by atoms with Crippen molar-refractivity contribution in [1.29, 1.82) is 0 Å². The van der Waals surface area contributed by atoms with E-state index in [1.54, 1.807) is 36.1 Å². The van der Waals surface area contributed by atoms with Crippen molar-refractivity contribution in [2.24, 2.45) is 5.92 Å². The fraction of sp³-hybridized carbons (Fsp3) is 0.286. The highest BCUT2D eigenvalue weighted by molar-refractivity contribution is 5.99. The van der Waals surface area contributed by atoms with Gasteiger partial charge in [0.2, 0.25) is 5.91 Å². The van der Waals surface area contributed by atoms with Crippen LogP contribution in [0.1, 0.15) is 29.3 Å². The molecule has 0 unspecified atom stereocenters. The molecule has 1 saturated heterocycles. The second-order valence-electron chi connectivity index (χ2n) is 6.27. The van der Waals surface area contributed by atoms with Gasteiger partial charge >= 0.3 is 11.9 Å². The Morgan fingerprint density at radius 3 is 2.41 bits per heavy atom. The summed E-state index contributed by atoms with van der Waals surface area (Å²) in [4.78, 5) is 37.8. The highest BCUT2D eigenvalue weighted by atomic mass is 16.5. The molecule has 0 spiro atoms. The largest absolute Gasteiger partial charge is 0.462 e. The van der Waals surface area contributed by atoms with Gasteiger partial charge in [0.1, 0.15) is 6.61 Å². The molecule has 6 nitrogen and oxygen atoms in total. The minimum Gasteiger partial charge on any atom is -0.462 e. The number of anilines is 1. The molecule has 1 aliphatic rings. The summed E-state index contributed by atoms with van der Waals surface area (Å²) in [6.07, 6.45) is 0.148. The Morgan fingerprint density at radius 1 is 1.04 bits per heavy atom. The highest BCUT2D eigenvalue weighted by Gasteiger charge is 2.36. The van der Waals surface area contributed by atoms with Gasteiger partial charge in [0.05, 0.1) is 18.1 Å². The Balaban J connectivity index is 1.54. The molecule has 1 amide bonds. The Labute approximate surface area is 157 Å². The van der Waals surface area contributed by atoms with E-state index < -0.39 is 11.9 Å². The molecule has 6 heteroatoms. The van der Waals surface area contributed by atoms with Crippen molar-refractivity contribution in [1.82, 2.24) is 0 Å². The van der Waals surface area contributed by atoms with E-state index in [9.17, 15) is 14.4 Å². The molecule has 2 aromatic rings. The molecule has 0 bridgehead atoms. The van der Waals surface area contributed by atoms with Crippen molar-refractivity contribution < 1.29 is 23.9 Å². The summed E-state index contributed by atoms with van der Waals surface area (Å²) in [7, 11) is 0. The first-order valence-electron chi connectivity index (χ1n) is 8.86. The maximum absolute atomic E-state index is 12.3. The lowest BCUT2D eigenvalue weighted by Gasteiger charge is -2.16. The maximum Gasteiger partial charge on any atom is 0.338 e. The van der Waals surface area contributed by atoms with Gasteiger partial charge in [0, 0.05) is 18.7 Å². The van der Waals surface area contributed by atoms with Crippen LogP contribution in [0.2, 0.25) is 0 Å². The van der Waals surface area contributed by atoms with Crippen LogP contribution in [0.3, 0.4) is 0 Å². The van der Waals surface area contributed by atoms with E-state index in [4.69, 9.17) is 9.47 Å². The van der Waals surface area contributed by atoms with Gasteiger partial charge in [-0.2, -0.15) is 0 Å². The van der Waals surface area contributed by atoms with E-state index in [-0.39, 0.29) is 24.9 Å². The highest BCUT2D eigenvalue weighted by Crippen LogP contribution is 2.25. The molecule has 3 rings (SSSR count). The average molecular weight is 367 g/mol. The molecule has 0 N–H and O–H groups in total. The number of nitrogens with zero attached hydrogens (tertiary/aromatic N) is 1. The summed E-state index contributed by atoms with van der Waals surface area (Å²) in [5, 5.41) is 0. The number of esters is 2. The molecule has 1 aliphatic heterocycles. The number of amides is 1. The van der Waals surface area contributed by atoms with E-state index in [0.29, 0.717) is 18.7 Å². The van der Waals surface area contributed by atoms with Crippen molar-refractivity contribution in [3.63, 3.8) is 0 Å². The van der Waals surface area contributed by atoms with Crippen LogP contribution in [0.15, 0.2) is 54.6 Å². The monoisotopic (exact) mass is 367 g/mol. The number of ether oxygens (including phenoxy) is 2. The normalized spacial score (nSPS) is 16.3. The summed E-state index contributed by atoms with van der Waals surface area (Å²) >= 11 is 0. The van der Waals surface area contributed by atoms with E-state index in [0.717, 1.165) is 11.3 Å². The standard InChI is InChI=1S/C21H21NO5/c1-2-26-20(24)16-10-8-15(9-11-16)14-27-21(25)17-12-19(23)22(13-17)18-6-4-3-5-7-18/h3-11,17H,2,12-14H2,1H3/t17-/m0/s1. The van der Waals surface area contributed by atoms with E-state index in [1.165, 1.54) is 0 Å². The first-order chi connectivity index (χ1) is 13.1. The lowest BCUT2D eigenvalue weighted by atomic mass is 10.1. The second-order valence-corrected chi connectivity index (χ2v) is 6.27. The summed E-state index contributed by atoms with van der Waals surface area (Å²) in [6.45, 7) is 2.48. The molecule has 0 aliphatic carbocycles. The fourth-order valence-corrected chi connectivity index (χ4v) is 2.95. The quantitative estimate of drug-likeness (QED) is 0.734. The van der Waals surface area contributed by atoms with Crippen LogP contribution < -0.4 is 4.90 Å². The summed E-state index contributed by atoms with van der Waals surface area (Å²) in [6, 6.07) is 16.0. The van der Waals surface area contributed by atoms with Gasteiger partial charge in [-0.1, -0.05) is 30.3 Å². The Bertz CT molecular complexity index is 816. The van der Waals surface area contributed by atoms with Crippen LogP contribution >= 0.6 is 0 Å². The van der Waals surface area contributed by atoms with Crippen LogP contribution in [0.5, 0.6) is 0 Å². The van der Waals surface area contributed by atoms with Gasteiger partial charge in [0.25, 0.3) is 0 Å². The fourth-order valence-electron chi connectivity index (χ4n) is 2.95. The van der Waals surface area contributed by atoms with Crippen molar-refractivity contribution in [3.8, 4) is 0 Å². The lowest BCUT2D eigenvalue weighted by molar-refractivity contribution is -0.149. The summed E-state index contributed by atoms with van der Waals surface area (Å²) < 4.78 is 10.3. The minimum absolute atomic E-state index is 0.0815. The van der Waals surface area contributed by atoms with E-state index in [2.05, 4.69) is 0 Å². The smallest absolute Gasteiger partial charge is 0.338 e. The van der Waals surface area contributed by atoms with Crippen molar-refractivity contribution in [2.45, 2.75) is 20.0 Å². The van der Waals surface area contributed by atoms with Gasteiger partial charge in [0.15, 0.2) is 0 Å². The SMILES string of the molecule is CCOC(=O)c1ccc(COC(=O)[C@H]2CC(=O)N(c3ccccc3)C2)cc1. The first kappa shape index (κ1) is 18.6. The van der Waals surface area contributed by atoms with E-state index in [1.807, 2.05) is 30.3 Å². The predicted molar refractivity (Wildman–Crippen MR) is 99.1 cm³/mol. The molecule has 0 aromatic heterocycles. The third kappa shape index (κ3) is 4.53. The predicted octanol–water partition coefficient (Wildman–Crippen LogP) is 2.96. The molecular weight excluding hydrogens is 346 g/mol. The topological polar surface area (TPSA) is 72.9 Å². The second kappa shape index (κ2) is 8.49. The number of benzene rings is 2. The van der Waals surface area contributed by atoms with Crippen LogP contribution in [0, 0.1) is 5.92 Å². The zero-order chi connectivity index (χ0) is 19.2. The number of hydrogen-bond donors (Lipinski definition) is 0. The zero-order valence-corrected chi connectivity index (χ0v) is 15.1. The zero-order valence-electron chi connectivity index (χ0n) is 15.1. The van der Waals surface area contributed by atoms with Crippen molar-refractivity contribution >= 4 is 23.5 Å². The molecule has 0 saturated carbocycles. The molecule has 140 valence electrons. The Morgan fingerprint density at radius 2 is 1.74 bits per heavy atom.